The zero-order chi connectivity index (χ0) is 13.8. The van der Waals surface area contributed by atoms with Crippen molar-refractivity contribution in [2.45, 2.75) is 57.4 Å². The quantitative estimate of drug-likeness (QED) is 0.212. The first kappa shape index (κ1) is 19.4. The molecule has 0 spiro atoms. The third-order valence-corrected chi connectivity index (χ3v) is 8.60. The minimum Gasteiger partial charge on any atom is -0.356 e. The summed E-state index contributed by atoms with van der Waals surface area (Å²) in [7, 11) is 0. The van der Waals surface area contributed by atoms with Crippen molar-refractivity contribution in [1.82, 2.24) is 0 Å². The minimum absolute atomic E-state index is 0.170. The molecule has 0 aliphatic carbocycles. The molecular weight excluding hydrogens is 351 g/mol. The van der Waals surface area contributed by atoms with Crippen molar-refractivity contribution in [3.8, 4) is 0 Å². The Morgan fingerprint density at radius 2 is 1.78 bits per heavy atom. The highest BCUT2D eigenvalue weighted by Crippen LogP contribution is 2.25. The molecule has 0 aromatic carbocycles. The van der Waals surface area contributed by atoms with E-state index >= 15 is 0 Å². The summed E-state index contributed by atoms with van der Waals surface area (Å²) in [6.07, 6.45) is 5.26. The van der Waals surface area contributed by atoms with Gasteiger partial charge in [-0.1, -0.05) is 27.2 Å². The van der Waals surface area contributed by atoms with Crippen molar-refractivity contribution in [3.63, 3.8) is 0 Å². The summed E-state index contributed by atoms with van der Waals surface area (Å²) in [5.41, 5.74) is 0. The molecule has 0 aliphatic rings. The van der Waals surface area contributed by atoms with Crippen molar-refractivity contribution in [3.05, 3.63) is 0 Å². The number of hydrogen-bond donors (Lipinski definition) is 0. The van der Waals surface area contributed by atoms with Gasteiger partial charge in [0.25, 0.3) is 0 Å². The van der Waals surface area contributed by atoms with Gasteiger partial charge < -0.3 is 28.3 Å². The van der Waals surface area contributed by atoms with Crippen LogP contribution in [0.3, 0.4) is 0 Å². The van der Waals surface area contributed by atoms with Gasteiger partial charge >= 0.3 is 16.5 Å². The summed E-state index contributed by atoms with van der Waals surface area (Å²) in [5.74, 6) is 1.72. The Morgan fingerprint density at radius 3 is 2.39 bits per heavy atom. The lowest BCUT2D eigenvalue weighted by molar-refractivity contribution is -0.0508. The minimum atomic E-state index is 0.170. The van der Waals surface area contributed by atoms with Crippen LogP contribution in [0.4, 0.5) is 0 Å². The molecule has 0 radical (unpaired) electrons. The molecule has 2 nitrogen and oxygen atoms in total. The largest absolute Gasteiger partial charge is 0.466 e. The molecule has 4 heteroatoms. The highest BCUT2D eigenvalue weighted by atomic mass is 127. The molecule has 0 fully saturated rings. The molecule has 0 N–H and O–H groups in total. The van der Waals surface area contributed by atoms with Gasteiger partial charge in [0.2, 0.25) is 0 Å². The Hall–Kier alpha value is 1.42. The lowest BCUT2D eigenvalue weighted by atomic mass is 9.91. The van der Waals surface area contributed by atoms with E-state index in [1.165, 1.54) is 19.3 Å². The number of rotatable bonds is 12. The summed E-state index contributed by atoms with van der Waals surface area (Å²) in [6, 6.07) is 0. The topological polar surface area (TPSA) is 18.5 Å². The second kappa shape index (κ2) is 13.4. The first-order valence-electron chi connectivity index (χ1n) is 7.31. The van der Waals surface area contributed by atoms with Gasteiger partial charge in [-0.3, -0.25) is 0 Å². The van der Waals surface area contributed by atoms with Crippen molar-refractivity contribution in [1.29, 1.82) is 0 Å². The van der Waals surface area contributed by atoms with Gasteiger partial charge in [-0.15, -0.1) is 4.05 Å². The van der Waals surface area contributed by atoms with E-state index in [1.807, 2.05) is 6.92 Å². The summed E-state index contributed by atoms with van der Waals surface area (Å²) < 4.78 is 11.5. The molecule has 0 rings (SSSR count). The molecule has 0 heterocycles. The predicted octanol–water partition coefficient (Wildman–Crippen LogP) is 4.69. The molecular formula is C14H29IMgO2. The van der Waals surface area contributed by atoms with Crippen LogP contribution in [0.15, 0.2) is 0 Å². The predicted molar refractivity (Wildman–Crippen MR) is 88.4 cm³/mol. The molecule has 3 unspecified atom stereocenters. The van der Waals surface area contributed by atoms with Crippen LogP contribution >= 0.6 is 18.9 Å². The van der Waals surface area contributed by atoms with Crippen LogP contribution in [0.1, 0.15) is 53.4 Å². The third kappa shape index (κ3) is 12.5. The van der Waals surface area contributed by atoms with Gasteiger partial charge in [-0.2, -0.15) is 0 Å². The van der Waals surface area contributed by atoms with Gasteiger partial charge in [0.15, 0.2) is 0 Å². The molecule has 0 aromatic heterocycles. The highest BCUT2D eigenvalue weighted by molar-refractivity contribution is 14.1. The molecule has 0 saturated carbocycles. The average Bonchev–Trinajstić information content (AvgIpc) is 2.33. The maximum Gasteiger partial charge on any atom is 0.466 e. The molecule has 0 aromatic rings. The first-order chi connectivity index (χ1) is 8.60. The van der Waals surface area contributed by atoms with Gasteiger partial charge in [0, 0.05) is 13.2 Å². The van der Waals surface area contributed by atoms with E-state index in [1.54, 1.807) is 0 Å². The summed E-state index contributed by atoms with van der Waals surface area (Å²) >= 11 is 2.80. The third-order valence-electron chi connectivity index (χ3n) is 3.23. The van der Waals surface area contributed by atoms with Crippen LogP contribution in [-0.2, 0) is 9.47 Å². The monoisotopic (exact) mass is 380 g/mol. The number of hydrogen-bond acceptors (Lipinski definition) is 2. The van der Waals surface area contributed by atoms with Crippen LogP contribution in [-0.4, -0.2) is 36.5 Å². The zero-order valence-electron chi connectivity index (χ0n) is 12.6. The molecule has 18 heavy (non-hydrogen) atoms. The van der Waals surface area contributed by atoms with Gasteiger partial charge in [0.1, 0.15) is 6.79 Å². The SMILES string of the molecule is CCOCOCCCC(C)CC(C)C[CH](C)[Mg][I]. The Labute approximate surface area is 133 Å². The normalized spacial score (nSPS) is 16.1. The van der Waals surface area contributed by atoms with Gasteiger partial charge in [0.05, 0.1) is 0 Å². The maximum absolute atomic E-state index is 5.39. The van der Waals surface area contributed by atoms with Gasteiger partial charge in [-0.25, -0.2) is 0 Å². The van der Waals surface area contributed by atoms with Crippen molar-refractivity contribution >= 4 is 35.3 Å². The zero-order valence-corrected chi connectivity index (χ0v) is 16.2. The van der Waals surface area contributed by atoms with Crippen molar-refractivity contribution in [2.24, 2.45) is 11.8 Å². The Kier molecular flexibility index (Phi) is 14.5. The lowest BCUT2D eigenvalue weighted by Crippen LogP contribution is -2.08. The second-order valence-electron chi connectivity index (χ2n) is 5.60. The fourth-order valence-corrected chi connectivity index (χ4v) is 4.16. The summed E-state index contributed by atoms with van der Waals surface area (Å²) in [5, 5.41) is 0. The van der Waals surface area contributed by atoms with E-state index in [9.17, 15) is 0 Å². The van der Waals surface area contributed by atoms with E-state index < -0.39 is 0 Å². The van der Waals surface area contributed by atoms with Crippen LogP contribution in [0.5, 0.6) is 0 Å². The number of ether oxygens (including phenoxy) is 2. The van der Waals surface area contributed by atoms with E-state index in [2.05, 4.69) is 39.6 Å². The van der Waals surface area contributed by atoms with Crippen LogP contribution in [0.2, 0.25) is 4.05 Å². The molecule has 0 bridgehead atoms. The lowest BCUT2D eigenvalue weighted by Gasteiger charge is -2.19. The van der Waals surface area contributed by atoms with E-state index in [4.69, 9.17) is 9.47 Å². The maximum atomic E-state index is 5.39. The average molecular weight is 381 g/mol. The summed E-state index contributed by atoms with van der Waals surface area (Å²) in [6.45, 7) is 11.2. The Bertz CT molecular complexity index is 181. The number of halogens is 1. The fourth-order valence-electron chi connectivity index (χ4n) is 2.39. The molecule has 0 aliphatic heterocycles. The van der Waals surface area contributed by atoms with Crippen LogP contribution < -0.4 is 0 Å². The standard InChI is InChI=1S/C14H29O2.HI.Mg/c1-5-8-13(3)11-14(4)9-7-10-16-12-15-6-2;;/h5,13-14H,6-12H2,1-4H3;1H;/q;;+1/p-1. The molecule has 0 saturated heterocycles. The molecule has 0 amide bonds. The smallest absolute Gasteiger partial charge is 0.356 e. The molecule has 106 valence electrons. The van der Waals surface area contributed by atoms with E-state index in [-0.39, 0.29) is 16.5 Å². The molecule has 3 atom stereocenters. The van der Waals surface area contributed by atoms with Crippen LogP contribution in [0, 0.1) is 11.8 Å². The van der Waals surface area contributed by atoms with Crippen molar-refractivity contribution in [2.75, 3.05) is 20.0 Å². The van der Waals surface area contributed by atoms with E-state index in [0.717, 1.165) is 35.5 Å². The van der Waals surface area contributed by atoms with Gasteiger partial charge in [-0.05, 0) is 38.0 Å². The summed E-state index contributed by atoms with van der Waals surface area (Å²) in [4.78, 5) is 0. The van der Waals surface area contributed by atoms with Crippen molar-refractivity contribution < 1.29 is 9.47 Å². The Balaban J connectivity index is 3.43. The fraction of sp³-hybridized carbons (Fsp3) is 1.00. The second-order valence-corrected chi connectivity index (χ2v) is 9.95. The first-order valence-corrected chi connectivity index (χ1v) is 13.2. The van der Waals surface area contributed by atoms with E-state index in [0.29, 0.717) is 6.79 Å². The highest BCUT2D eigenvalue weighted by Gasteiger charge is 2.12. The Morgan fingerprint density at radius 1 is 1.06 bits per heavy atom. The van der Waals surface area contributed by atoms with Crippen LogP contribution in [0.25, 0.3) is 0 Å².